The number of rotatable bonds is 4. The molecule has 2 unspecified atom stereocenters. The van der Waals surface area contributed by atoms with Crippen molar-refractivity contribution in [1.29, 1.82) is 0 Å². The van der Waals surface area contributed by atoms with Crippen LogP contribution in [0.1, 0.15) is 25.7 Å². The highest BCUT2D eigenvalue weighted by Crippen LogP contribution is 2.36. The Morgan fingerprint density at radius 2 is 2.05 bits per heavy atom. The summed E-state index contributed by atoms with van der Waals surface area (Å²) in [5, 5.41) is 19.7. The van der Waals surface area contributed by atoms with E-state index in [1.807, 2.05) is 0 Å². The van der Waals surface area contributed by atoms with Crippen molar-refractivity contribution in [2.45, 2.75) is 47.6 Å². The van der Waals surface area contributed by atoms with E-state index in [0.29, 0.717) is 4.34 Å². The first-order valence-electron chi connectivity index (χ1n) is 5.93. The maximum Gasteiger partial charge on any atom is 0.405 e. The summed E-state index contributed by atoms with van der Waals surface area (Å²) < 4.78 is 36.7. The zero-order valence-corrected chi connectivity index (χ0v) is 11.6. The van der Waals surface area contributed by atoms with Gasteiger partial charge >= 0.3 is 6.18 Å². The third-order valence-electron chi connectivity index (χ3n) is 2.77. The van der Waals surface area contributed by atoms with Gasteiger partial charge in [0.15, 0.2) is 4.34 Å². The zero-order chi connectivity index (χ0) is 13.9. The number of nitrogens with zero attached hydrogens (tertiary/aromatic N) is 2. The van der Waals surface area contributed by atoms with Gasteiger partial charge in [-0.15, -0.1) is 10.2 Å². The molecule has 1 aromatic heterocycles. The first kappa shape index (κ1) is 14.9. The van der Waals surface area contributed by atoms with E-state index in [1.54, 1.807) is 0 Å². The SMILES string of the molecule is OC1CCCCC1Sc1nnc(NCC(F)(F)F)s1. The predicted molar refractivity (Wildman–Crippen MR) is 68.6 cm³/mol. The van der Waals surface area contributed by atoms with E-state index >= 15 is 0 Å². The fourth-order valence-corrected chi connectivity index (χ4v) is 4.05. The van der Waals surface area contributed by atoms with Crippen LogP contribution in [0.3, 0.4) is 0 Å². The van der Waals surface area contributed by atoms with Crippen LogP contribution in [0, 0.1) is 0 Å². The highest BCUT2D eigenvalue weighted by molar-refractivity contribution is 8.01. The first-order chi connectivity index (χ1) is 8.94. The molecule has 1 aliphatic carbocycles. The number of aliphatic hydroxyl groups excluding tert-OH is 1. The van der Waals surface area contributed by atoms with E-state index in [9.17, 15) is 18.3 Å². The van der Waals surface area contributed by atoms with Gasteiger partial charge in [0.25, 0.3) is 0 Å². The zero-order valence-electron chi connectivity index (χ0n) is 9.98. The molecule has 1 heterocycles. The molecule has 2 atom stereocenters. The van der Waals surface area contributed by atoms with Crippen LogP contribution in [0.4, 0.5) is 18.3 Å². The summed E-state index contributed by atoms with van der Waals surface area (Å²) >= 11 is 2.49. The quantitative estimate of drug-likeness (QED) is 0.895. The summed E-state index contributed by atoms with van der Waals surface area (Å²) in [6, 6.07) is 0. The summed E-state index contributed by atoms with van der Waals surface area (Å²) in [6.07, 6.45) is -0.876. The van der Waals surface area contributed by atoms with Crippen molar-refractivity contribution in [3.8, 4) is 0 Å². The molecule has 4 nitrogen and oxygen atoms in total. The highest BCUT2D eigenvalue weighted by atomic mass is 32.2. The Labute approximate surface area is 116 Å². The molecule has 19 heavy (non-hydrogen) atoms. The fourth-order valence-electron chi connectivity index (χ4n) is 1.85. The minimum absolute atomic E-state index is 0.0668. The lowest BCUT2D eigenvalue weighted by Gasteiger charge is -2.25. The van der Waals surface area contributed by atoms with E-state index in [2.05, 4.69) is 15.5 Å². The van der Waals surface area contributed by atoms with Crippen molar-refractivity contribution in [3.63, 3.8) is 0 Å². The van der Waals surface area contributed by atoms with E-state index in [-0.39, 0.29) is 16.5 Å². The minimum atomic E-state index is -4.27. The van der Waals surface area contributed by atoms with Crippen LogP contribution in [-0.4, -0.2) is 39.4 Å². The van der Waals surface area contributed by atoms with Gasteiger partial charge in [-0.3, -0.25) is 0 Å². The lowest BCUT2D eigenvalue weighted by Crippen LogP contribution is -2.26. The van der Waals surface area contributed by atoms with Gasteiger partial charge in [-0.1, -0.05) is 35.9 Å². The van der Waals surface area contributed by atoms with Crippen molar-refractivity contribution >= 4 is 28.2 Å². The standard InChI is InChI=1S/C10H14F3N3OS2/c11-10(12,13)5-14-8-15-16-9(19-8)18-7-4-2-1-3-6(7)17/h6-7,17H,1-5H2,(H,14,15). The Balaban J connectivity index is 1.86. The maximum absolute atomic E-state index is 12.0. The molecule has 1 aromatic rings. The fraction of sp³-hybridized carbons (Fsp3) is 0.800. The van der Waals surface area contributed by atoms with E-state index < -0.39 is 12.7 Å². The van der Waals surface area contributed by atoms with Crippen molar-refractivity contribution in [3.05, 3.63) is 0 Å². The average molecular weight is 313 g/mol. The summed E-state index contributed by atoms with van der Waals surface area (Å²) in [5.41, 5.74) is 0. The molecule has 0 bridgehead atoms. The number of thioether (sulfide) groups is 1. The molecule has 0 saturated heterocycles. The van der Waals surface area contributed by atoms with Crippen molar-refractivity contribution < 1.29 is 18.3 Å². The lowest BCUT2D eigenvalue weighted by molar-refractivity contribution is -0.115. The van der Waals surface area contributed by atoms with Crippen molar-refractivity contribution in [2.75, 3.05) is 11.9 Å². The second-order valence-electron chi connectivity index (χ2n) is 4.35. The molecular formula is C10H14F3N3OS2. The monoisotopic (exact) mass is 313 g/mol. The number of alkyl halides is 3. The summed E-state index contributed by atoms with van der Waals surface area (Å²) in [7, 11) is 0. The van der Waals surface area contributed by atoms with Crippen molar-refractivity contribution in [1.82, 2.24) is 10.2 Å². The second-order valence-corrected chi connectivity index (χ2v) is 6.81. The molecule has 2 rings (SSSR count). The second kappa shape index (κ2) is 6.27. The van der Waals surface area contributed by atoms with Crippen LogP contribution < -0.4 is 5.32 Å². The molecule has 9 heteroatoms. The number of hydrogen-bond acceptors (Lipinski definition) is 6. The van der Waals surface area contributed by atoms with Crippen LogP contribution in [0.5, 0.6) is 0 Å². The summed E-state index contributed by atoms with van der Waals surface area (Å²) in [5.74, 6) is 0. The average Bonchev–Trinajstić information content (AvgIpc) is 2.77. The molecule has 1 saturated carbocycles. The van der Waals surface area contributed by atoms with Gasteiger partial charge in [-0.25, -0.2) is 0 Å². The molecule has 0 aromatic carbocycles. The maximum atomic E-state index is 12.0. The molecule has 0 aliphatic heterocycles. The minimum Gasteiger partial charge on any atom is -0.392 e. The first-order valence-corrected chi connectivity index (χ1v) is 7.62. The Kier molecular flexibility index (Phi) is 4.91. The number of hydrogen-bond donors (Lipinski definition) is 2. The Morgan fingerprint density at radius 3 is 2.74 bits per heavy atom. The van der Waals surface area contributed by atoms with Gasteiger partial charge in [0.2, 0.25) is 5.13 Å². The number of aliphatic hydroxyl groups is 1. The van der Waals surface area contributed by atoms with Crippen LogP contribution in [-0.2, 0) is 0 Å². The number of aromatic nitrogens is 2. The molecule has 0 amide bonds. The molecule has 0 radical (unpaired) electrons. The molecule has 0 spiro atoms. The third-order valence-corrected chi connectivity index (χ3v) is 5.12. The van der Waals surface area contributed by atoms with Crippen LogP contribution in [0.25, 0.3) is 0 Å². The number of halogens is 3. The van der Waals surface area contributed by atoms with Crippen LogP contribution >= 0.6 is 23.1 Å². The predicted octanol–water partition coefficient (Wildman–Crippen LogP) is 2.91. The molecular weight excluding hydrogens is 299 g/mol. The van der Waals surface area contributed by atoms with Gasteiger partial charge in [0.1, 0.15) is 6.54 Å². The third kappa shape index (κ3) is 4.81. The Morgan fingerprint density at radius 1 is 1.32 bits per heavy atom. The van der Waals surface area contributed by atoms with Crippen LogP contribution in [0.15, 0.2) is 4.34 Å². The highest BCUT2D eigenvalue weighted by Gasteiger charge is 2.28. The van der Waals surface area contributed by atoms with E-state index in [0.717, 1.165) is 37.0 Å². The smallest absolute Gasteiger partial charge is 0.392 e. The van der Waals surface area contributed by atoms with E-state index in [1.165, 1.54) is 11.8 Å². The lowest BCUT2D eigenvalue weighted by atomic mass is 9.97. The summed E-state index contributed by atoms with van der Waals surface area (Å²) in [6.45, 7) is -1.11. The van der Waals surface area contributed by atoms with Gasteiger partial charge < -0.3 is 10.4 Å². The topological polar surface area (TPSA) is 58.0 Å². The molecule has 1 fully saturated rings. The number of nitrogens with one attached hydrogen (secondary N) is 1. The van der Waals surface area contributed by atoms with E-state index in [4.69, 9.17) is 0 Å². The number of anilines is 1. The normalized spacial score (nSPS) is 24.4. The van der Waals surface area contributed by atoms with Gasteiger partial charge in [-0.2, -0.15) is 13.2 Å². The largest absolute Gasteiger partial charge is 0.405 e. The van der Waals surface area contributed by atoms with Gasteiger partial charge in [0, 0.05) is 5.25 Å². The molecule has 1 aliphatic rings. The Hall–Kier alpha value is -0.540. The van der Waals surface area contributed by atoms with Crippen molar-refractivity contribution in [2.24, 2.45) is 0 Å². The molecule has 2 N–H and O–H groups in total. The van der Waals surface area contributed by atoms with Gasteiger partial charge in [0.05, 0.1) is 6.10 Å². The van der Waals surface area contributed by atoms with Gasteiger partial charge in [-0.05, 0) is 12.8 Å². The van der Waals surface area contributed by atoms with Crippen LogP contribution in [0.2, 0.25) is 0 Å². The summed E-state index contributed by atoms with van der Waals surface area (Å²) in [4.78, 5) is 0. The molecule has 108 valence electrons. The Bertz CT molecular complexity index is 413.